The first kappa shape index (κ1) is 10.1. The van der Waals surface area contributed by atoms with Gasteiger partial charge >= 0.3 is 5.97 Å². The zero-order chi connectivity index (χ0) is 8.69. The molecule has 0 aromatic heterocycles. The van der Waals surface area contributed by atoms with Crippen LogP contribution < -0.4 is 5.73 Å². The number of methoxy groups -OCH3 is 1. The van der Waals surface area contributed by atoms with Gasteiger partial charge < -0.3 is 9.47 Å². The summed E-state index contributed by atoms with van der Waals surface area (Å²) >= 11 is 0. The van der Waals surface area contributed by atoms with Crippen molar-refractivity contribution in [3.63, 3.8) is 0 Å². The lowest BCUT2D eigenvalue weighted by Gasteiger charge is -2.09. The fourth-order valence-electron chi connectivity index (χ4n) is 0.523. The van der Waals surface area contributed by atoms with Crippen LogP contribution in [-0.2, 0) is 14.3 Å². The summed E-state index contributed by atoms with van der Waals surface area (Å²) in [4.78, 5) is 10.7. The molecule has 0 rings (SSSR count). The van der Waals surface area contributed by atoms with Crippen molar-refractivity contribution in [3.05, 3.63) is 12.2 Å². The highest BCUT2D eigenvalue weighted by Crippen LogP contribution is 1.87. The van der Waals surface area contributed by atoms with Gasteiger partial charge in [0.25, 0.3) is 0 Å². The predicted octanol–water partition coefficient (Wildman–Crippen LogP) is 0.0369. The minimum atomic E-state index is -0.677. The lowest BCUT2D eigenvalue weighted by Crippen LogP contribution is -2.30. The second-order valence-corrected chi connectivity index (χ2v) is 1.93. The predicted molar refractivity (Wildman–Crippen MR) is 40.8 cm³/mol. The molecule has 0 aromatic rings. The van der Waals surface area contributed by atoms with Crippen molar-refractivity contribution in [1.29, 1.82) is 0 Å². The van der Waals surface area contributed by atoms with E-state index < -0.39 is 12.2 Å². The molecule has 0 heterocycles. The zero-order valence-electron chi connectivity index (χ0n) is 6.74. The van der Waals surface area contributed by atoms with Gasteiger partial charge in [-0.15, -0.1) is 0 Å². The highest BCUT2D eigenvalue weighted by molar-refractivity contribution is 5.81. The van der Waals surface area contributed by atoms with Crippen LogP contribution >= 0.6 is 0 Å². The lowest BCUT2D eigenvalue weighted by atomic mass is 10.5. The summed E-state index contributed by atoms with van der Waals surface area (Å²) in [6.45, 7) is 1.94. The van der Waals surface area contributed by atoms with Crippen LogP contribution in [0.5, 0.6) is 0 Å². The van der Waals surface area contributed by atoms with Crippen molar-refractivity contribution in [3.8, 4) is 0 Å². The van der Waals surface area contributed by atoms with E-state index >= 15 is 0 Å². The molecule has 1 unspecified atom stereocenters. The van der Waals surface area contributed by atoms with Gasteiger partial charge in [0.05, 0.1) is 6.61 Å². The second kappa shape index (κ2) is 5.88. The number of carbonyl (C=O) groups is 1. The van der Waals surface area contributed by atoms with Gasteiger partial charge in [0, 0.05) is 13.2 Å². The Morgan fingerprint density at radius 1 is 1.73 bits per heavy atom. The molecule has 0 radical (unpaired) electrons. The molecule has 4 nitrogen and oxygen atoms in total. The summed E-state index contributed by atoms with van der Waals surface area (Å²) in [7, 11) is 1.49. The minimum absolute atomic E-state index is 0.212. The fourth-order valence-corrected chi connectivity index (χ4v) is 0.523. The fraction of sp³-hybridized carbons (Fsp3) is 0.571. The number of nitrogens with two attached hydrogens (primary N) is 1. The average molecular weight is 159 g/mol. The highest BCUT2D eigenvalue weighted by atomic mass is 16.6. The summed E-state index contributed by atoms with van der Waals surface area (Å²) in [6, 6.07) is 0. The molecule has 0 saturated carbocycles. The third-order valence-corrected chi connectivity index (χ3v) is 0.901. The quantitative estimate of drug-likeness (QED) is 0.357. The van der Waals surface area contributed by atoms with E-state index in [1.54, 1.807) is 13.0 Å². The van der Waals surface area contributed by atoms with Crippen LogP contribution in [0.4, 0.5) is 0 Å². The number of carbonyl (C=O) groups excluding carboxylic acids is 1. The molecule has 11 heavy (non-hydrogen) atoms. The summed E-state index contributed by atoms with van der Waals surface area (Å²) in [5.41, 5.74) is 5.31. The topological polar surface area (TPSA) is 61.5 Å². The third-order valence-electron chi connectivity index (χ3n) is 0.901. The maximum atomic E-state index is 10.7. The van der Waals surface area contributed by atoms with Crippen LogP contribution in [-0.4, -0.2) is 25.9 Å². The largest absolute Gasteiger partial charge is 0.441 e. The Morgan fingerprint density at radius 2 is 2.36 bits per heavy atom. The zero-order valence-corrected chi connectivity index (χ0v) is 6.74. The summed E-state index contributed by atoms with van der Waals surface area (Å²) in [5.74, 6) is -0.447. The van der Waals surface area contributed by atoms with E-state index in [1.165, 1.54) is 13.2 Å². The minimum Gasteiger partial charge on any atom is -0.441 e. The van der Waals surface area contributed by atoms with E-state index in [9.17, 15) is 4.79 Å². The molecule has 0 aromatic carbocycles. The molecule has 0 aliphatic heterocycles. The van der Waals surface area contributed by atoms with Gasteiger partial charge in [-0.05, 0) is 6.92 Å². The Kier molecular flexibility index (Phi) is 5.42. The first-order chi connectivity index (χ1) is 5.20. The number of hydrogen-bond acceptors (Lipinski definition) is 4. The van der Waals surface area contributed by atoms with Gasteiger partial charge in [-0.3, -0.25) is 5.73 Å². The summed E-state index contributed by atoms with van der Waals surface area (Å²) in [5, 5.41) is 0. The van der Waals surface area contributed by atoms with Crippen LogP contribution in [0.25, 0.3) is 0 Å². The third kappa shape index (κ3) is 5.57. The molecule has 0 aliphatic carbocycles. The molecular weight excluding hydrogens is 146 g/mol. The van der Waals surface area contributed by atoms with E-state index in [1.807, 2.05) is 0 Å². The second-order valence-electron chi connectivity index (χ2n) is 1.93. The number of hydrogen-bond donors (Lipinski definition) is 1. The molecule has 0 amide bonds. The molecule has 0 saturated heterocycles. The van der Waals surface area contributed by atoms with Crippen molar-refractivity contribution >= 4 is 5.97 Å². The maximum absolute atomic E-state index is 10.7. The smallest absolute Gasteiger partial charge is 0.332 e. The van der Waals surface area contributed by atoms with Crippen LogP contribution in [0.2, 0.25) is 0 Å². The van der Waals surface area contributed by atoms with E-state index in [0.717, 1.165) is 0 Å². The Bertz CT molecular complexity index is 145. The van der Waals surface area contributed by atoms with Crippen LogP contribution in [0.3, 0.4) is 0 Å². The normalized spacial score (nSPS) is 13.4. The van der Waals surface area contributed by atoms with Crippen molar-refractivity contribution in [1.82, 2.24) is 0 Å². The number of allylic oxidation sites excluding steroid dienone is 1. The average Bonchev–Trinajstić information content (AvgIpc) is 1.87. The first-order valence-electron chi connectivity index (χ1n) is 3.28. The molecule has 4 heteroatoms. The van der Waals surface area contributed by atoms with Crippen LogP contribution in [0.1, 0.15) is 6.92 Å². The summed E-state index contributed by atoms with van der Waals surface area (Å²) < 4.78 is 9.31. The molecule has 0 aliphatic rings. The SMILES string of the molecule is C/C=C/C(=O)OC(N)COC. The van der Waals surface area contributed by atoms with Gasteiger partial charge in [0.1, 0.15) is 0 Å². The number of ether oxygens (including phenoxy) is 2. The van der Waals surface area contributed by atoms with Gasteiger partial charge in [-0.1, -0.05) is 6.08 Å². The molecule has 0 bridgehead atoms. The van der Waals surface area contributed by atoms with Gasteiger partial charge in [-0.25, -0.2) is 4.79 Å². The molecule has 0 fully saturated rings. The Hall–Kier alpha value is -0.870. The van der Waals surface area contributed by atoms with E-state index in [4.69, 9.17) is 5.73 Å². The monoisotopic (exact) mass is 159 g/mol. The van der Waals surface area contributed by atoms with Gasteiger partial charge in [0.2, 0.25) is 0 Å². The van der Waals surface area contributed by atoms with E-state index in [2.05, 4.69) is 9.47 Å². The summed E-state index contributed by atoms with van der Waals surface area (Å²) in [6.07, 6.45) is 2.21. The van der Waals surface area contributed by atoms with E-state index in [-0.39, 0.29) is 6.61 Å². The molecule has 2 N–H and O–H groups in total. The van der Waals surface area contributed by atoms with Gasteiger partial charge in [-0.2, -0.15) is 0 Å². The molecular formula is C7H13NO3. The lowest BCUT2D eigenvalue weighted by molar-refractivity contribution is -0.145. The Labute approximate surface area is 66.0 Å². The Balaban J connectivity index is 3.57. The van der Waals surface area contributed by atoms with Crippen LogP contribution in [0.15, 0.2) is 12.2 Å². The maximum Gasteiger partial charge on any atom is 0.332 e. The van der Waals surface area contributed by atoms with Gasteiger partial charge in [0.15, 0.2) is 6.23 Å². The van der Waals surface area contributed by atoms with Crippen LogP contribution in [0, 0.1) is 0 Å². The molecule has 1 atom stereocenters. The van der Waals surface area contributed by atoms with Crippen molar-refractivity contribution < 1.29 is 14.3 Å². The standard InChI is InChI=1S/C7H13NO3/c1-3-4-7(9)11-6(8)5-10-2/h3-4,6H,5,8H2,1-2H3/b4-3+. The molecule has 64 valence electrons. The number of rotatable bonds is 4. The number of esters is 1. The van der Waals surface area contributed by atoms with Crippen molar-refractivity contribution in [2.24, 2.45) is 5.73 Å². The van der Waals surface area contributed by atoms with Crippen molar-refractivity contribution in [2.45, 2.75) is 13.2 Å². The van der Waals surface area contributed by atoms with Crippen molar-refractivity contribution in [2.75, 3.05) is 13.7 Å². The first-order valence-corrected chi connectivity index (χ1v) is 3.28. The Morgan fingerprint density at radius 3 is 2.82 bits per heavy atom. The highest BCUT2D eigenvalue weighted by Gasteiger charge is 2.04. The molecule has 0 spiro atoms. The van der Waals surface area contributed by atoms with E-state index in [0.29, 0.717) is 0 Å².